The number of benzene rings is 1. The number of amides is 1. The van der Waals surface area contributed by atoms with E-state index in [1.54, 1.807) is 11.3 Å². The Morgan fingerprint density at radius 3 is 2.62 bits per heavy atom. The molecule has 0 radical (unpaired) electrons. The van der Waals surface area contributed by atoms with E-state index in [2.05, 4.69) is 52.3 Å². The number of carbonyl (C=O) groups is 1. The van der Waals surface area contributed by atoms with Crippen molar-refractivity contribution in [3.05, 3.63) is 45.6 Å². The van der Waals surface area contributed by atoms with Crippen LogP contribution >= 0.6 is 23.1 Å². The van der Waals surface area contributed by atoms with Gasteiger partial charge in [0.1, 0.15) is 0 Å². The highest BCUT2D eigenvalue weighted by atomic mass is 32.2. The summed E-state index contributed by atoms with van der Waals surface area (Å²) in [6, 6.07) is 8.42. The van der Waals surface area contributed by atoms with Crippen LogP contribution in [-0.4, -0.2) is 26.4 Å². The molecule has 0 aliphatic rings. The van der Waals surface area contributed by atoms with E-state index < -0.39 is 0 Å². The van der Waals surface area contributed by atoms with Crippen molar-refractivity contribution in [2.75, 3.05) is 11.1 Å². The lowest BCUT2D eigenvalue weighted by molar-refractivity contribution is -0.113. The van der Waals surface area contributed by atoms with Crippen LogP contribution in [0.15, 0.2) is 34.8 Å². The number of thioether (sulfide) groups is 1. The summed E-state index contributed by atoms with van der Waals surface area (Å²) >= 11 is 3.20. The zero-order valence-electron chi connectivity index (χ0n) is 17.7. The minimum Gasteiger partial charge on any atom is -0.325 e. The van der Waals surface area contributed by atoms with Gasteiger partial charge in [-0.25, -0.2) is 0 Å². The summed E-state index contributed by atoms with van der Waals surface area (Å²) in [5.74, 6) is 1.13. The fourth-order valence-electron chi connectivity index (χ4n) is 3.23. The quantitative estimate of drug-likeness (QED) is 0.455. The van der Waals surface area contributed by atoms with Crippen LogP contribution in [0.5, 0.6) is 0 Å². The van der Waals surface area contributed by atoms with Gasteiger partial charge in [-0.3, -0.25) is 9.36 Å². The Kier molecular flexibility index (Phi) is 7.14. The highest BCUT2D eigenvalue weighted by molar-refractivity contribution is 7.99. The number of anilines is 1. The molecule has 1 amide bonds. The van der Waals surface area contributed by atoms with E-state index >= 15 is 0 Å². The smallest absolute Gasteiger partial charge is 0.234 e. The van der Waals surface area contributed by atoms with E-state index in [0.717, 1.165) is 46.2 Å². The summed E-state index contributed by atoms with van der Waals surface area (Å²) in [4.78, 5) is 13.9. The van der Waals surface area contributed by atoms with Crippen molar-refractivity contribution < 1.29 is 4.79 Å². The van der Waals surface area contributed by atoms with Crippen molar-refractivity contribution in [1.29, 1.82) is 0 Å². The first-order valence-corrected chi connectivity index (χ1v) is 11.8. The van der Waals surface area contributed by atoms with Gasteiger partial charge in [-0.15, -0.1) is 21.5 Å². The van der Waals surface area contributed by atoms with Gasteiger partial charge in [-0.1, -0.05) is 43.3 Å². The van der Waals surface area contributed by atoms with Crippen molar-refractivity contribution in [2.45, 2.75) is 58.7 Å². The topological polar surface area (TPSA) is 59.8 Å². The lowest BCUT2D eigenvalue weighted by atomic mass is 10.1. The zero-order chi connectivity index (χ0) is 21.0. The Morgan fingerprint density at radius 1 is 1.24 bits per heavy atom. The number of nitrogens with zero attached hydrogens (tertiary/aromatic N) is 3. The largest absolute Gasteiger partial charge is 0.325 e. The lowest BCUT2D eigenvalue weighted by Crippen LogP contribution is -2.16. The number of aromatic nitrogens is 3. The van der Waals surface area contributed by atoms with Crippen molar-refractivity contribution in [3.8, 4) is 11.4 Å². The van der Waals surface area contributed by atoms with Gasteiger partial charge in [0.2, 0.25) is 5.91 Å². The maximum atomic E-state index is 12.5. The van der Waals surface area contributed by atoms with Crippen LogP contribution in [0.3, 0.4) is 0 Å². The molecule has 7 heteroatoms. The predicted octanol–water partition coefficient (Wildman–Crippen LogP) is 5.89. The molecule has 2 heterocycles. The molecule has 2 aromatic heterocycles. The maximum absolute atomic E-state index is 12.5. The molecule has 0 saturated heterocycles. The third-order valence-corrected chi connectivity index (χ3v) is 6.61. The first-order chi connectivity index (χ1) is 13.9. The number of aryl methyl sites for hydroxylation is 3. The first-order valence-electron chi connectivity index (χ1n) is 9.92. The molecule has 1 N–H and O–H groups in total. The Labute approximate surface area is 180 Å². The Morgan fingerprint density at radius 2 is 1.97 bits per heavy atom. The molecule has 0 atom stereocenters. The number of thiophene rings is 1. The Hall–Kier alpha value is -2.12. The molecule has 29 heavy (non-hydrogen) atoms. The van der Waals surface area contributed by atoms with Gasteiger partial charge in [0.05, 0.1) is 5.75 Å². The van der Waals surface area contributed by atoms with E-state index in [-0.39, 0.29) is 11.9 Å². The summed E-state index contributed by atoms with van der Waals surface area (Å²) in [7, 11) is 0. The van der Waals surface area contributed by atoms with Crippen LogP contribution in [0.1, 0.15) is 49.2 Å². The summed E-state index contributed by atoms with van der Waals surface area (Å²) in [6.45, 7) is 10.4. The Bertz CT molecular complexity index is 970. The minimum absolute atomic E-state index is 0.0342. The van der Waals surface area contributed by atoms with Crippen molar-refractivity contribution in [2.24, 2.45) is 0 Å². The zero-order valence-corrected chi connectivity index (χ0v) is 19.3. The van der Waals surface area contributed by atoms with E-state index in [9.17, 15) is 4.79 Å². The molecule has 0 spiro atoms. The third-order valence-electron chi connectivity index (χ3n) is 4.67. The lowest BCUT2D eigenvalue weighted by Gasteiger charge is -2.14. The molecule has 0 fully saturated rings. The molecule has 0 bridgehead atoms. The third kappa shape index (κ3) is 5.08. The van der Waals surface area contributed by atoms with Crippen molar-refractivity contribution in [1.82, 2.24) is 14.8 Å². The average Bonchev–Trinajstić information content (AvgIpc) is 3.30. The van der Waals surface area contributed by atoms with E-state index in [1.165, 1.54) is 16.6 Å². The number of hydrogen-bond acceptors (Lipinski definition) is 5. The molecule has 0 unspecified atom stereocenters. The predicted molar refractivity (Wildman–Crippen MR) is 123 cm³/mol. The average molecular weight is 429 g/mol. The fraction of sp³-hybridized carbons (Fsp3) is 0.409. The van der Waals surface area contributed by atoms with Crippen LogP contribution in [0.2, 0.25) is 0 Å². The second-order valence-electron chi connectivity index (χ2n) is 7.43. The molecule has 0 aliphatic heterocycles. The molecule has 5 nitrogen and oxygen atoms in total. The highest BCUT2D eigenvalue weighted by Gasteiger charge is 2.19. The normalized spacial score (nSPS) is 11.2. The van der Waals surface area contributed by atoms with Crippen LogP contribution in [0, 0.1) is 13.8 Å². The van der Waals surface area contributed by atoms with Gasteiger partial charge in [-0.2, -0.15) is 0 Å². The molecule has 154 valence electrons. The number of para-hydroxylation sites is 1. The standard InChI is InChI=1S/C22H28N4OS2/c1-6-8-18-11-17(12-28-18)21-24-25-22(26(21)14(2)3)29-13-19(27)23-20-15(4)9-7-10-16(20)5/h7,9-12,14H,6,8,13H2,1-5H3,(H,23,27). The number of carbonyl (C=O) groups excluding carboxylic acids is 1. The molecule has 0 aliphatic carbocycles. The first kappa shape index (κ1) is 21.6. The van der Waals surface area contributed by atoms with Crippen molar-refractivity contribution in [3.63, 3.8) is 0 Å². The molecular weight excluding hydrogens is 400 g/mol. The van der Waals surface area contributed by atoms with Crippen LogP contribution in [0.4, 0.5) is 5.69 Å². The summed E-state index contributed by atoms with van der Waals surface area (Å²) in [5, 5.41) is 14.8. The second-order valence-corrected chi connectivity index (χ2v) is 9.36. The summed E-state index contributed by atoms with van der Waals surface area (Å²) in [5.41, 5.74) is 4.13. The molecule has 3 rings (SSSR count). The number of nitrogens with one attached hydrogen (secondary N) is 1. The Balaban J connectivity index is 1.74. The van der Waals surface area contributed by atoms with Gasteiger partial charge in [0, 0.05) is 27.5 Å². The van der Waals surface area contributed by atoms with Crippen molar-refractivity contribution >= 4 is 34.7 Å². The van der Waals surface area contributed by atoms with Crippen LogP contribution in [-0.2, 0) is 11.2 Å². The number of rotatable bonds is 8. The SMILES string of the molecule is CCCc1cc(-c2nnc(SCC(=O)Nc3c(C)cccc3C)n2C(C)C)cs1. The van der Waals surface area contributed by atoms with Gasteiger partial charge < -0.3 is 5.32 Å². The number of hydrogen-bond donors (Lipinski definition) is 1. The highest BCUT2D eigenvalue weighted by Crippen LogP contribution is 2.31. The maximum Gasteiger partial charge on any atom is 0.234 e. The van der Waals surface area contributed by atoms with Gasteiger partial charge in [0.15, 0.2) is 11.0 Å². The van der Waals surface area contributed by atoms with Gasteiger partial charge in [0.25, 0.3) is 0 Å². The molecular formula is C22H28N4OS2. The fourth-order valence-corrected chi connectivity index (χ4v) is 5.07. The van der Waals surface area contributed by atoms with Crippen LogP contribution in [0.25, 0.3) is 11.4 Å². The van der Waals surface area contributed by atoms with E-state index in [1.807, 2.05) is 32.0 Å². The molecule has 1 aromatic carbocycles. The molecule has 3 aromatic rings. The summed E-state index contributed by atoms with van der Waals surface area (Å²) < 4.78 is 2.12. The van der Waals surface area contributed by atoms with Gasteiger partial charge >= 0.3 is 0 Å². The second kappa shape index (κ2) is 9.59. The van der Waals surface area contributed by atoms with Crippen LogP contribution < -0.4 is 5.32 Å². The van der Waals surface area contributed by atoms with E-state index in [0.29, 0.717) is 5.75 Å². The minimum atomic E-state index is -0.0342. The van der Waals surface area contributed by atoms with E-state index in [4.69, 9.17) is 0 Å². The van der Waals surface area contributed by atoms with Gasteiger partial charge in [-0.05, 0) is 51.3 Å². The summed E-state index contributed by atoms with van der Waals surface area (Å²) in [6.07, 6.45) is 2.22. The monoisotopic (exact) mass is 428 g/mol. The molecule has 0 saturated carbocycles.